The van der Waals surface area contributed by atoms with Crippen molar-refractivity contribution in [2.24, 2.45) is 7.05 Å². The number of nitrogens with zero attached hydrogens (tertiary/aromatic N) is 6. The average molecular weight is 428 g/mol. The Morgan fingerprint density at radius 3 is 2.68 bits per heavy atom. The Bertz CT molecular complexity index is 1090. The Labute approximate surface area is 179 Å². The Morgan fingerprint density at radius 1 is 1.13 bits per heavy atom. The van der Waals surface area contributed by atoms with Crippen LogP contribution in [0.5, 0.6) is 0 Å². The molecular formula is C22H26F2N6O. The molecule has 1 saturated heterocycles. The van der Waals surface area contributed by atoms with Gasteiger partial charge in [-0.2, -0.15) is 10.1 Å². The smallest absolute Gasteiger partial charge is 0.248 e. The highest BCUT2D eigenvalue weighted by molar-refractivity contribution is 5.79. The van der Waals surface area contributed by atoms with Crippen LogP contribution in [0.1, 0.15) is 54.7 Å². The molecule has 0 unspecified atom stereocenters. The summed E-state index contributed by atoms with van der Waals surface area (Å²) in [7, 11) is 1.88. The predicted octanol–water partition coefficient (Wildman–Crippen LogP) is 3.94. The van der Waals surface area contributed by atoms with Crippen LogP contribution in [0.2, 0.25) is 0 Å². The van der Waals surface area contributed by atoms with Gasteiger partial charge in [-0.1, -0.05) is 0 Å². The number of aromatic nitrogens is 5. The van der Waals surface area contributed by atoms with Gasteiger partial charge in [-0.15, -0.1) is 0 Å². The lowest BCUT2D eigenvalue weighted by atomic mass is 9.83. The summed E-state index contributed by atoms with van der Waals surface area (Å²) in [5.41, 5.74) is 3.35. The minimum Gasteiger partial charge on any atom is -0.370 e. The molecule has 1 saturated carbocycles. The van der Waals surface area contributed by atoms with Gasteiger partial charge in [-0.05, 0) is 31.9 Å². The van der Waals surface area contributed by atoms with E-state index in [1.807, 2.05) is 38.5 Å². The van der Waals surface area contributed by atoms with Crippen LogP contribution >= 0.6 is 0 Å². The van der Waals surface area contributed by atoms with Crippen LogP contribution in [0, 0.1) is 6.92 Å². The maximum Gasteiger partial charge on any atom is 0.248 e. The first-order valence-electron chi connectivity index (χ1n) is 10.8. The standard InChI is InChI=1S/C22H26F2N6O/c1-14-3-4-17-19(15-5-7-22(23,24)8-6-15)27-21(28-20(17)26-14)30-9-10-31-18(13-30)16-11-25-29(2)12-16/h3-4,11-12,15,18H,5-10,13H2,1-2H3/t18-/m0/s1. The highest BCUT2D eigenvalue weighted by atomic mass is 19.3. The zero-order chi connectivity index (χ0) is 21.6. The number of halogens is 2. The second-order valence-corrected chi connectivity index (χ2v) is 8.62. The van der Waals surface area contributed by atoms with Gasteiger partial charge in [0.1, 0.15) is 6.10 Å². The lowest BCUT2D eigenvalue weighted by Gasteiger charge is -2.33. The number of ether oxygens (including phenoxy) is 1. The second-order valence-electron chi connectivity index (χ2n) is 8.62. The van der Waals surface area contributed by atoms with E-state index in [0.717, 1.165) is 22.3 Å². The molecule has 7 nitrogen and oxygen atoms in total. The number of alkyl halides is 2. The van der Waals surface area contributed by atoms with E-state index in [-0.39, 0.29) is 24.9 Å². The fraction of sp³-hybridized carbons (Fsp3) is 0.545. The van der Waals surface area contributed by atoms with Crippen LogP contribution in [-0.4, -0.2) is 50.4 Å². The van der Waals surface area contributed by atoms with Crippen molar-refractivity contribution in [2.45, 2.75) is 50.6 Å². The lowest BCUT2D eigenvalue weighted by molar-refractivity contribution is -0.0383. The van der Waals surface area contributed by atoms with Gasteiger partial charge < -0.3 is 9.64 Å². The number of aryl methyl sites for hydroxylation is 2. The van der Waals surface area contributed by atoms with Gasteiger partial charge in [0.05, 0.1) is 25.0 Å². The number of morpholine rings is 1. The quantitative estimate of drug-likeness (QED) is 0.630. The van der Waals surface area contributed by atoms with Gasteiger partial charge in [-0.3, -0.25) is 4.68 Å². The summed E-state index contributed by atoms with van der Waals surface area (Å²) in [6, 6.07) is 3.90. The molecule has 31 heavy (non-hydrogen) atoms. The zero-order valence-electron chi connectivity index (χ0n) is 17.8. The number of pyridine rings is 1. The number of fused-ring (bicyclic) bond motifs is 1. The summed E-state index contributed by atoms with van der Waals surface area (Å²) >= 11 is 0. The third-order valence-electron chi connectivity index (χ3n) is 6.27. The molecule has 0 radical (unpaired) electrons. The van der Waals surface area contributed by atoms with Gasteiger partial charge >= 0.3 is 0 Å². The Balaban J connectivity index is 1.50. The normalized spacial score (nSPS) is 22.2. The summed E-state index contributed by atoms with van der Waals surface area (Å²) in [5.74, 6) is -1.99. The van der Waals surface area contributed by atoms with E-state index in [4.69, 9.17) is 14.7 Å². The molecule has 0 bridgehead atoms. The Morgan fingerprint density at radius 2 is 1.94 bits per heavy atom. The Kier molecular flexibility index (Phi) is 5.08. The minimum absolute atomic E-state index is 0.0106. The second kappa shape index (κ2) is 7.78. The van der Waals surface area contributed by atoms with Crippen molar-refractivity contribution in [3.8, 4) is 0 Å². The molecule has 2 fully saturated rings. The van der Waals surface area contributed by atoms with Crippen molar-refractivity contribution >= 4 is 17.0 Å². The summed E-state index contributed by atoms with van der Waals surface area (Å²) < 4.78 is 35.2. The largest absolute Gasteiger partial charge is 0.370 e. The lowest BCUT2D eigenvalue weighted by Crippen LogP contribution is -2.39. The molecule has 1 aliphatic heterocycles. The molecule has 3 aromatic heterocycles. The van der Waals surface area contributed by atoms with Crippen LogP contribution in [0.3, 0.4) is 0 Å². The average Bonchev–Trinajstić information content (AvgIpc) is 3.19. The van der Waals surface area contributed by atoms with E-state index in [0.29, 0.717) is 44.1 Å². The van der Waals surface area contributed by atoms with Crippen LogP contribution < -0.4 is 4.90 Å². The first kappa shape index (κ1) is 20.2. The van der Waals surface area contributed by atoms with Gasteiger partial charge in [0, 0.05) is 55.2 Å². The van der Waals surface area contributed by atoms with E-state index in [9.17, 15) is 8.78 Å². The molecule has 4 heterocycles. The van der Waals surface area contributed by atoms with Gasteiger partial charge in [0.25, 0.3) is 0 Å². The minimum atomic E-state index is -2.57. The molecule has 5 rings (SSSR count). The molecule has 1 aliphatic carbocycles. The monoisotopic (exact) mass is 428 g/mol. The van der Waals surface area contributed by atoms with E-state index < -0.39 is 5.92 Å². The highest BCUT2D eigenvalue weighted by Crippen LogP contribution is 2.42. The first-order valence-corrected chi connectivity index (χ1v) is 10.8. The van der Waals surface area contributed by atoms with Crippen molar-refractivity contribution in [3.63, 3.8) is 0 Å². The topological polar surface area (TPSA) is 69.0 Å². The van der Waals surface area contributed by atoms with Gasteiger partial charge in [-0.25, -0.2) is 18.7 Å². The molecule has 0 aromatic carbocycles. The van der Waals surface area contributed by atoms with Gasteiger partial charge in [0.15, 0.2) is 5.65 Å². The third kappa shape index (κ3) is 4.11. The molecule has 0 spiro atoms. The highest BCUT2D eigenvalue weighted by Gasteiger charge is 2.37. The Hall–Kier alpha value is -2.68. The maximum absolute atomic E-state index is 13.8. The number of hydrogen-bond acceptors (Lipinski definition) is 6. The first-order chi connectivity index (χ1) is 14.9. The fourth-order valence-electron chi connectivity index (χ4n) is 4.52. The number of rotatable bonds is 3. The van der Waals surface area contributed by atoms with E-state index in [1.54, 1.807) is 4.68 Å². The molecular weight excluding hydrogens is 402 g/mol. The number of hydrogen-bond donors (Lipinski definition) is 0. The molecule has 1 atom stereocenters. The van der Waals surface area contributed by atoms with Crippen LogP contribution in [0.15, 0.2) is 24.5 Å². The molecule has 164 valence electrons. The van der Waals surface area contributed by atoms with Crippen LogP contribution in [0.4, 0.5) is 14.7 Å². The SMILES string of the molecule is Cc1ccc2c(C3CCC(F)(F)CC3)nc(N3CCO[C@H](c4cnn(C)c4)C3)nc2n1. The summed E-state index contributed by atoms with van der Waals surface area (Å²) in [6.45, 7) is 3.74. The molecule has 9 heteroatoms. The molecule has 0 N–H and O–H groups in total. The fourth-order valence-corrected chi connectivity index (χ4v) is 4.52. The zero-order valence-corrected chi connectivity index (χ0v) is 17.8. The number of anilines is 1. The summed E-state index contributed by atoms with van der Waals surface area (Å²) in [4.78, 5) is 16.4. The van der Waals surface area contributed by atoms with Crippen LogP contribution in [-0.2, 0) is 11.8 Å². The van der Waals surface area contributed by atoms with Crippen molar-refractivity contribution in [1.29, 1.82) is 0 Å². The van der Waals surface area contributed by atoms with Crippen LogP contribution in [0.25, 0.3) is 11.0 Å². The third-order valence-corrected chi connectivity index (χ3v) is 6.27. The molecule has 2 aliphatic rings. The predicted molar refractivity (Wildman–Crippen MR) is 112 cm³/mol. The molecule has 0 amide bonds. The van der Waals surface area contributed by atoms with E-state index >= 15 is 0 Å². The van der Waals surface area contributed by atoms with Crippen molar-refractivity contribution < 1.29 is 13.5 Å². The van der Waals surface area contributed by atoms with E-state index in [1.165, 1.54) is 0 Å². The van der Waals surface area contributed by atoms with E-state index in [2.05, 4.69) is 15.0 Å². The van der Waals surface area contributed by atoms with Crippen molar-refractivity contribution in [2.75, 3.05) is 24.6 Å². The molecule has 3 aromatic rings. The van der Waals surface area contributed by atoms with Crippen molar-refractivity contribution in [3.05, 3.63) is 41.5 Å². The maximum atomic E-state index is 13.8. The summed E-state index contributed by atoms with van der Waals surface area (Å²) in [5, 5.41) is 5.11. The van der Waals surface area contributed by atoms with Crippen molar-refractivity contribution in [1.82, 2.24) is 24.7 Å². The van der Waals surface area contributed by atoms with Gasteiger partial charge in [0.2, 0.25) is 11.9 Å². The summed E-state index contributed by atoms with van der Waals surface area (Å²) in [6.07, 6.45) is 4.30.